The van der Waals surface area contributed by atoms with E-state index >= 15 is 0 Å². The van der Waals surface area contributed by atoms with Gasteiger partial charge in [0, 0.05) is 19.5 Å². The van der Waals surface area contributed by atoms with Crippen molar-refractivity contribution in [3.05, 3.63) is 77.2 Å². The molecule has 2 aromatic carbocycles. The molecule has 3 aromatic rings. The lowest BCUT2D eigenvalue weighted by Gasteiger charge is -2.22. The Hall–Kier alpha value is -3.42. The normalized spacial score (nSPS) is 15.8. The summed E-state index contributed by atoms with van der Waals surface area (Å²) in [6.45, 7) is 3.40. The van der Waals surface area contributed by atoms with Crippen LogP contribution in [0.1, 0.15) is 41.7 Å². The van der Waals surface area contributed by atoms with Crippen molar-refractivity contribution in [2.75, 3.05) is 13.2 Å². The highest BCUT2D eigenvalue weighted by molar-refractivity contribution is 5.74. The second-order valence-corrected chi connectivity index (χ2v) is 7.60. The number of nitrogens with zero attached hydrogens (tertiary/aromatic N) is 3. The average Bonchev–Trinajstić information content (AvgIpc) is 3.43. The van der Waals surface area contributed by atoms with Crippen LogP contribution in [0.3, 0.4) is 0 Å². The minimum atomic E-state index is -0.300. The molecule has 1 aliphatic heterocycles. The highest BCUT2D eigenvalue weighted by atomic mass is 19.1. The van der Waals surface area contributed by atoms with E-state index in [1.165, 1.54) is 12.1 Å². The average molecular weight is 424 g/mol. The number of hydrogen-bond acceptors (Lipinski definition) is 5. The largest absolute Gasteiger partial charge is 0.493 e. The lowest BCUT2D eigenvalue weighted by Crippen LogP contribution is -2.39. The van der Waals surface area contributed by atoms with Gasteiger partial charge in [0.25, 0.3) is 0 Å². The van der Waals surface area contributed by atoms with E-state index in [1.54, 1.807) is 17.0 Å². The molecule has 162 valence electrons. The topological polar surface area (TPSA) is 80.5 Å². The molecule has 2 heterocycles. The summed E-state index contributed by atoms with van der Waals surface area (Å²) in [6, 6.07) is 13.5. The fourth-order valence-corrected chi connectivity index (χ4v) is 3.62. The van der Waals surface area contributed by atoms with Gasteiger partial charge in [-0.05, 0) is 55.2 Å². The summed E-state index contributed by atoms with van der Waals surface area (Å²) >= 11 is 0. The lowest BCUT2D eigenvalue weighted by molar-refractivity contribution is 0.180. The Balaban J connectivity index is 1.30. The van der Waals surface area contributed by atoms with Crippen LogP contribution in [0.5, 0.6) is 5.75 Å². The molecule has 0 saturated carbocycles. The van der Waals surface area contributed by atoms with Crippen LogP contribution in [0.4, 0.5) is 9.18 Å². The maximum absolute atomic E-state index is 13.0. The van der Waals surface area contributed by atoms with Crippen molar-refractivity contribution in [1.29, 1.82) is 0 Å². The van der Waals surface area contributed by atoms with Crippen molar-refractivity contribution >= 4 is 6.03 Å². The van der Waals surface area contributed by atoms with Crippen LogP contribution < -0.4 is 10.1 Å². The maximum atomic E-state index is 13.0. The number of halogens is 1. The van der Waals surface area contributed by atoms with Crippen LogP contribution in [0.15, 0.2) is 53.1 Å². The number of ether oxygens (including phenoxy) is 1. The van der Waals surface area contributed by atoms with Crippen molar-refractivity contribution in [2.24, 2.45) is 0 Å². The van der Waals surface area contributed by atoms with Crippen LogP contribution in [0.2, 0.25) is 0 Å². The van der Waals surface area contributed by atoms with Crippen molar-refractivity contribution in [2.45, 2.75) is 38.8 Å². The van der Waals surface area contributed by atoms with E-state index in [1.807, 2.05) is 31.2 Å². The zero-order chi connectivity index (χ0) is 21.6. The number of nitrogens with one attached hydrogen (secondary N) is 1. The quantitative estimate of drug-likeness (QED) is 0.615. The van der Waals surface area contributed by atoms with Gasteiger partial charge in [-0.25, -0.2) is 9.18 Å². The van der Waals surface area contributed by atoms with Crippen LogP contribution >= 0.6 is 0 Å². The molecule has 1 unspecified atom stereocenters. The molecule has 0 radical (unpaired) electrons. The molecule has 0 aliphatic carbocycles. The smallest absolute Gasteiger partial charge is 0.318 e. The summed E-state index contributed by atoms with van der Waals surface area (Å²) in [4.78, 5) is 18.9. The Labute approximate surface area is 180 Å². The number of aromatic nitrogens is 2. The van der Waals surface area contributed by atoms with Crippen LogP contribution in [-0.2, 0) is 13.0 Å². The molecule has 1 aromatic heterocycles. The monoisotopic (exact) mass is 424 g/mol. The number of benzene rings is 2. The van der Waals surface area contributed by atoms with E-state index < -0.39 is 0 Å². The molecule has 8 heteroatoms. The number of hydrogen-bond donors (Lipinski definition) is 1. The number of likely N-dealkylation sites (tertiary alicyclic amines) is 1. The lowest BCUT2D eigenvalue weighted by atomic mass is 10.2. The van der Waals surface area contributed by atoms with E-state index in [2.05, 4.69) is 15.5 Å². The standard InChI is InChI=1S/C23H25FN4O3/c1-16-4-2-5-19(14-16)30-13-11-21-26-22(31-27-21)20-6-3-12-28(20)23(29)25-15-17-7-9-18(24)10-8-17/h2,4-5,7-10,14,20H,3,6,11-13,15H2,1H3,(H,25,29). The van der Waals surface area contributed by atoms with Gasteiger partial charge in [-0.3, -0.25) is 0 Å². The molecule has 4 rings (SSSR count). The summed E-state index contributed by atoms with van der Waals surface area (Å²) < 4.78 is 24.2. The molecule has 1 aliphatic rings. The molecule has 1 atom stereocenters. The Morgan fingerprint density at radius 1 is 1.29 bits per heavy atom. The van der Waals surface area contributed by atoms with Gasteiger partial charge in [-0.2, -0.15) is 4.98 Å². The van der Waals surface area contributed by atoms with Crippen LogP contribution in [0, 0.1) is 12.7 Å². The first-order valence-corrected chi connectivity index (χ1v) is 10.4. The minimum absolute atomic E-state index is 0.200. The number of amides is 2. The van der Waals surface area contributed by atoms with Gasteiger partial charge in [0.15, 0.2) is 5.82 Å². The summed E-state index contributed by atoms with van der Waals surface area (Å²) in [5, 5.41) is 6.92. The molecule has 1 N–H and O–H groups in total. The molecular formula is C23H25FN4O3. The van der Waals surface area contributed by atoms with E-state index in [-0.39, 0.29) is 17.9 Å². The SMILES string of the molecule is Cc1cccc(OCCc2noc(C3CCCN3C(=O)NCc3ccc(F)cc3)n2)c1. The van der Waals surface area contributed by atoms with Crippen LogP contribution in [-0.4, -0.2) is 34.2 Å². The number of carbonyl (C=O) groups is 1. The predicted octanol–water partition coefficient (Wildman–Crippen LogP) is 4.19. The number of rotatable bonds is 7. The molecule has 1 fully saturated rings. The molecule has 2 amide bonds. The first kappa shape index (κ1) is 20.8. The molecular weight excluding hydrogens is 399 g/mol. The molecule has 0 bridgehead atoms. The first-order chi connectivity index (χ1) is 15.1. The Kier molecular flexibility index (Phi) is 6.45. The number of carbonyl (C=O) groups excluding carboxylic acids is 1. The zero-order valence-corrected chi connectivity index (χ0v) is 17.4. The predicted molar refractivity (Wildman–Crippen MR) is 112 cm³/mol. The van der Waals surface area contributed by atoms with Gasteiger partial charge in [-0.15, -0.1) is 0 Å². The highest BCUT2D eigenvalue weighted by Crippen LogP contribution is 2.30. The van der Waals surface area contributed by atoms with E-state index in [0.717, 1.165) is 29.7 Å². The first-order valence-electron chi connectivity index (χ1n) is 10.4. The Bertz CT molecular complexity index is 1020. The maximum Gasteiger partial charge on any atom is 0.318 e. The summed E-state index contributed by atoms with van der Waals surface area (Å²) in [7, 11) is 0. The third-order valence-corrected chi connectivity index (χ3v) is 5.22. The van der Waals surface area contributed by atoms with Crippen molar-refractivity contribution in [1.82, 2.24) is 20.4 Å². The molecule has 1 saturated heterocycles. The zero-order valence-electron chi connectivity index (χ0n) is 17.4. The van der Waals surface area contributed by atoms with Gasteiger partial charge >= 0.3 is 6.03 Å². The van der Waals surface area contributed by atoms with Gasteiger partial charge in [0.1, 0.15) is 17.6 Å². The molecule has 7 nitrogen and oxygen atoms in total. The van der Waals surface area contributed by atoms with Gasteiger partial charge in [-0.1, -0.05) is 29.4 Å². The van der Waals surface area contributed by atoms with E-state index in [9.17, 15) is 9.18 Å². The minimum Gasteiger partial charge on any atom is -0.493 e. The van der Waals surface area contributed by atoms with Crippen molar-refractivity contribution in [3.63, 3.8) is 0 Å². The Morgan fingerprint density at radius 3 is 2.94 bits per heavy atom. The second kappa shape index (κ2) is 9.59. The summed E-state index contributed by atoms with van der Waals surface area (Å²) in [5.74, 6) is 1.51. The Morgan fingerprint density at radius 2 is 2.13 bits per heavy atom. The van der Waals surface area contributed by atoms with Crippen LogP contribution in [0.25, 0.3) is 0 Å². The fourth-order valence-electron chi connectivity index (χ4n) is 3.62. The molecule has 0 spiro atoms. The van der Waals surface area contributed by atoms with Crippen molar-refractivity contribution in [3.8, 4) is 5.75 Å². The fraction of sp³-hybridized carbons (Fsp3) is 0.348. The molecule has 31 heavy (non-hydrogen) atoms. The third kappa shape index (κ3) is 5.39. The van der Waals surface area contributed by atoms with Gasteiger partial charge in [0.2, 0.25) is 5.89 Å². The summed E-state index contributed by atoms with van der Waals surface area (Å²) in [6.07, 6.45) is 2.15. The highest BCUT2D eigenvalue weighted by Gasteiger charge is 2.34. The van der Waals surface area contributed by atoms with Gasteiger partial charge in [0.05, 0.1) is 6.61 Å². The van der Waals surface area contributed by atoms with E-state index in [4.69, 9.17) is 9.26 Å². The third-order valence-electron chi connectivity index (χ3n) is 5.22. The number of aryl methyl sites for hydroxylation is 1. The second-order valence-electron chi connectivity index (χ2n) is 7.60. The summed E-state index contributed by atoms with van der Waals surface area (Å²) in [5.41, 5.74) is 1.97. The van der Waals surface area contributed by atoms with Crippen molar-refractivity contribution < 1.29 is 18.4 Å². The number of urea groups is 1. The van der Waals surface area contributed by atoms with E-state index in [0.29, 0.717) is 37.8 Å². The van der Waals surface area contributed by atoms with Gasteiger partial charge < -0.3 is 19.5 Å².